The molecule has 7 nitrogen and oxygen atoms in total. The van der Waals surface area contributed by atoms with Crippen molar-refractivity contribution in [2.45, 2.75) is 13.0 Å². The van der Waals surface area contributed by atoms with Gasteiger partial charge >= 0.3 is 0 Å². The van der Waals surface area contributed by atoms with Crippen molar-refractivity contribution in [2.75, 3.05) is 19.0 Å². The van der Waals surface area contributed by atoms with Crippen LogP contribution in [0, 0.1) is 11.7 Å². The van der Waals surface area contributed by atoms with Crippen LogP contribution in [0.15, 0.2) is 53.5 Å². The van der Waals surface area contributed by atoms with Crippen molar-refractivity contribution >= 4 is 23.3 Å². The second kappa shape index (κ2) is 7.12. The summed E-state index contributed by atoms with van der Waals surface area (Å²) in [6.45, 7) is 1.75. The summed E-state index contributed by atoms with van der Waals surface area (Å²) in [6, 6.07) is 13.3. The molecule has 2 heterocycles. The minimum Gasteiger partial charge on any atom is -0.378 e. The number of carbonyl (C=O) groups is 1. The van der Waals surface area contributed by atoms with E-state index in [0.717, 1.165) is 11.3 Å². The Balaban J connectivity index is 1.82. The van der Waals surface area contributed by atoms with E-state index in [2.05, 4.69) is 15.1 Å². The number of carbonyl (C=O) groups excluding carboxylic acids is 1. The van der Waals surface area contributed by atoms with Gasteiger partial charge in [0.25, 0.3) is 0 Å². The second-order valence-corrected chi connectivity index (χ2v) is 7.25. The van der Waals surface area contributed by atoms with E-state index >= 15 is 0 Å². The van der Waals surface area contributed by atoms with Crippen molar-refractivity contribution in [3.8, 4) is 11.4 Å². The molecule has 2 N–H and O–H groups in total. The van der Waals surface area contributed by atoms with Crippen LogP contribution in [0.25, 0.3) is 11.4 Å². The lowest BCUT2D eigenvalue weighted by Gasteiger charge is -2.29. The van der Waals surface area contributed by atoms with E-state index in [1.165, 1.54) is 12.1 Å². The molecule has 1 aliphatic rings. The SMILES string of the molecule is CC1=Nc2nc(-c3ccc(N(C)C)cc3)nn2C(c2ccc(F)cc2)C1C(N)=O. The molecule has 1 amide bonds. The first-order valence-corrected chi connectivity index (χ1v) is 9.19. The number of aromatic nitrogens is 3. The van der Waals surface area contributed by atoms with E-state index in [4.69, 9.17) is 5.73 Å². The van der Waals surface area contributed by atoms with Crippen LogP contribution in [0.3, 0.4) is 0 Å². The van der Waals surface area contributed by atoms with Crippen LogP contribution < -0.4 is 10.6 Å². The Morgan fingerprint density at radius 1 is 1.10 bits per heavy atom. The third kappa shape index (κ3) is 3.37. The number of hydrogen-bond acceptors (Lipinski definition) is 5. The lowest BCUT2D eigenvalue weighted by Crippen LogP contribution is -2.39. The van der Waals surface area contributed by atoms with E-state index in [-0.39, 0.29) is 5.82 Å². The van der Waals surface area contributed by atoms with Crippen molar-refractivity contribution in [2.24, 2.45) is 16.6 Å². The number of amides is 1. The minimum atomic E-state index is -0.696. The number of primary amides is 1. The fourth-order valence-electron chi connectivity index (χ4n) is 3.56. The van der Waals surface area contributed by atoms with Gasteiger partial charge in [-0.1, -0.05) is 12.1 Å². The zero-order chi connectivity index (χ0) is 20.7. The predicted octanol–water partition coefficient (Wildman–Crippen LogP) is 2.95. The van der Waals surface area contributed by atoms with Crippen LogP contribution in [0.4, 0.5) is 16.0 Å². The summed E-state index contributed by atoms with van der Waals surface area (Å²) < 4.78 is 15.0. The molecule has 0 radical (unpaired) electrons. The molecule has 3 aromatic rings. The highest BCUT2D eigenvalue weighted by Gasteiger charge is 2.38. The molecule has 0 bridgehead atoms. The number of hydrogen-bond donors (Lipinski definition) is 1. The molecular formula is C21H21FN6O. The maximum Gasteiger partial charge on any atom is 0.248 e. The van der Waals surface area contributed by atoms with Crippen LogP contribution >= 0.6 is 0 Å². The molecule has 148 valence electrons. The number of nitrogens with two attached hydrogens (primary N) is 1. The van der Waals surface area contributed by atoms with Gasteiger partial charge in [-0.3, -0.25) is 4.79 Å². The van der Waals surface area contributed by atoms with E-state index in [1.807, 2.05) is 43.3 Å². The summed E-state index contributed by atoms with van der Waals surface area (Å²) in [4.78, 5) is 23.2. The molecule has 1 aliphatic heterocycles. The first-order chi connectivity index (χ1) is 13.8. The first kappa shape index (κ1) is 18.8. The van der Waals surface area contributed by atoms with Gasteiger partial charge in [0.15, 0.2) is 5.82 Å². The molecule has 0 spiro atoms. The van der Waals surface area contributed by atoms with Crippen molar-refractivity contribution in [1.29, 1.82) is 0 Å². The number of nitrogens with zero attached hydrogens (tertiary/aromatic N) is 5. The first-order valence-electron chi connectivity index (χ1n) is 9.19. The fraction of sp³-hybridized carbons (Fsp3) is 0.238. The van der Waals surface area contributed by atoms with Gasteiger partial charge in [0.05, 0.1) is 6.04 Å². The van der Waals surface area contributed by atoms with Crippen LogP contribution in [-0.2, 0) is 4.79 Å². The van der Waals surface area contributed by atoms with E-state index in [9.17, 15) is 9.18 Å². The normalized spacial score (nSPS) is 18.1. The molecule has 2 atom stereocenters. The smallest absolute Gasteiger partial charge is 0.248 e. The number of anilines is 1. The Kier molecular flexibility index (Phi) is 4.62. The van der Waals surface area contributed by atoms with Crippen LogP contribution in [-0.4, -0.2) is 40.5 Å². The molecule has 8 heteroatoms. The molecule has 2 aromatic carbocycles. The Hall–Kier alpha value is -3.55. The molecule has 0 saturated heterocycles. The van der Waals surface area contributed by atoms with Gasteiger partial charge in [0, 0.05) is 31.1 Å². The van der Waals surface area contributed by atoms with Crippen LogP contribution in [0.1, 0.15) is 18.5 Å². The van der Waals surface area contributed by atoms with Gasteiger partial charge in [0.2, 0.25) is 11.9 Å². The standard InChI is InChI=1S/C21H21FN6O/c1-12-17(19(23)29)18(13-4-8-15(22)9-5-13)28-21(24-12)25-20(26-28)14-6-10-16(11-7-14)27(2)3/h4-11,17-18H,1-3H3,(H2,23,29). The molecule has 0 saturated carbocycles. The highest BCUT2D eigenvalue weighted by Crippen LogP contribution is 2.36. The van der Waals surface area contributed by atoms with Crippen molar-refractivity contribution in [3.05, 3.63) is 59.9 Å². The molecule has 0 fully saturated rings. The Morgan fingerprint density at radius 2 is 1.76 bits per heavy atom. The number of rotatable bonds is 4. The van der Waals surface area contributed by atoms with Gasteiger partial charge in [-0.05, 0) is 48.9 Å². The van der Waals surface area contributed by atoms with Gasteiger partial charge in [0.1, 0.15) is 11.7 Å². The zero-order valence-corrected chi connectivity index (χ0v) is 16.4. The fourth-order valence-corrected chi connectivity index (χ4v) is 3.56. The van der Waals surface area contributed by atoms with E-state index in [0.29, 0.717) is 23.0 Å². The van der Waals surface area contributed by atoms with Crippen molar-refractivity contribution in [3.63, 3.8) is 0 Å². The summed E-state index contributed by atoms with van der Waals surface area (Å²) >= 11 is 0. The Labute approximate surface area is 167 Å². The second-order valence-electron chi connectivity index (χ2n) is 7.25. The van der Waals surface area contributed by atoms with Crippen molar-refractivity contribution < 1.29 is 9.18 Å². The van der Waals surface area contributed by atoms with Crippen molar-refractivity contribution in [1.82, 2.24) is 14.8 Å². The monoisotopic (exact) mass is 392 g/mol. The number of aliphatic imine (C=N–C) groups is 1. The lowest BCUT2D eigenvalue weighted by molar-refractivity contribution is -0.120. The topological polar surface area (TPSA) is 89.4 Å². The summed E-state index contributed by atoms with van der Waals surface area (Å²) in [5.74, 6) is -0.677. The van der Waals surface area contributed by atoms with Gasteiger partial charge < -0.3 is 10.6 Å². The molecule has 0 aliphatic carbocycles. The number of benzene rings is 2. The largest absolute Gasteiger partial charge is 0.378 e. The molecular weight excluding hydrogens is 371 g/mol. The third-order valence-electron chi connectivity index (χ3n) is 5.08. The number of fused-ring (bicyclic) bond motifs is 1. The third-order valence-corrected chi connectivity index (χ3v) is 5.08. The van der Waals surface area contributed by atoms with E-state index < -0.39 is 17.9 Å². The quantitative estimate of drug-likeness (QED) is 0.739. The van der Waals surface area contributed by atoms with E-state index in [1.54, 1.807) is 23.7 Å². The van der Waals surface area contributed by atoms with Gasteiger partial charge in [-0.25, -0.2) is 14.1 Å². The summed E-state index contributed by atoms with van der Waals surface area (Å²) in [7, 11) is 3.94. The predicted molar refractivity (Wildman–Crippen MR) is 110 cm³/mol. The zero-order valence-electron chi connectivity index (χ0n) is 16.4. The highest BCUT2D eigenvalue weighted by molar-refractivity contribution is 6.04. The summed E-state index contributed by atoms with van der Waals surface area (Å²) in [5.41, 5.74) is 8.84. The Morgan fingerprint density at radius 3 is 2.34 bits per heavy atom. The molecule has 2 unspecified atom stereocenters. The van der Waals surface area contributed by atoms with Crippen LogP contribution in [0.5, 0.6) is 0 Å². The highest BCUT2D eigenvalue weighted by atomic mass is 19.1. The molecule has 1 aromatic heterocycles. The Bertz CT molecular complexity index is 1090. The maximum atomic E-state index is 13.4. The summed E-state index contributed by atoms with van der Waals surface area (Å²) in [6.07, 6.45) is 0. The average Bonchev–Trinajstić information content (AvgIpc) is 3.11. The maximum absolute atomic E-state index is 13.4. The van der Waals surface area contributed by atoms with Gasteiger partial charge in [-0.15, -0.1) is 5.10 Å². The minimum absolute atomic E-state index is 0.356. The average molecular weight is 392 g/mol. The van der Waals surface area contributed by atoms with Crippen LogP contribution in [0.2, 0.25) is 0 Å². The molecule has 4 rings (SSSR count). The molecule has 29 heavy (non-hydrogen) atoms. The lowest BCUT2D eigenvalue weighted by atomic mass is 9.88. The summed E-state index contributed by atoms with van der Waals surface area (Å²) in [5, 5.41) is 4.63. The van der Waals surface area contributed by atoms with Gasteiger partial charge in [-0.2, -0.15) is 4.98 Å². The number of halogens is 1.